The van der Waals surface area contributed by atoms with E-state index in [1.54, 1.807) is 0 Å². The van der Waals surface area contributed by atoms with Crippen molar-refractivity contribution in [2.24, 2.45) is 0 Å². The third-order valence-corrected chi connectivity index (χ3v) is 5.05. The molecular weight excluding hydrogens is 264 g/mol. The molecule has 0 saturated carbocycles. The van der Waals surface area contributed by atoms with E-state index in [1.165, 1.54) is 49.8 Å². The van der Waals surface area contributed by atoms with Crippen molar-refractivity contribution in [2.75, 3.05) is 7.11 Å². The molecule has 0 aliphatic heterocycles. The zero-order valence-corrected chi connectivity index (χ0v) is 14.2. The molecule has 0 bridgehead atoms. The van der Waals surface area contributed by atoms with E-state index in [9.17, 15) is 0 Å². The Hall–Kier alpha value is -0.470. The highest BCUT2D eigenvalue weighted by atomic mass is 32.2. The molecule has 0 heterocycles. The van der Waals surface area contributed by atoms with E-state index in [0.717, 1.165) is 6.42 Å². The van der Waals surface area contributed by atoms with Crippen LogP contribution in [0.3, 0.4) is 0 Å². The molecule has 0 saturated heterocycles. The van der Waals surface area contributed by atoms with E-state index in [2.05, 4.69) is 44.2 Å². The Morgan fingerprint density at radius 3 is 2.15 bits per heavy atom. The van der Waals surface area contributed by atoms with Crippen LogP contribution in [-0.2, 0) is 4.74 Å². The number of thioether (sulfide) groups is 1. The summed E-state index contributed by atoms with van der Waals surface area (Å²) in [6.07, 6.45) is 10.6. The minimum atomic E-state index is -0.0925. The molecule has 0 radical (unpaired) electrons. The van der Waals surface area contributed by atoms with Crippen LogP contribution in [-0.4, -0.2) is 12.0 Å². The van der Waals surface area contributed by atoms with Gasteiger partial charge in [0.1, 0.15) is 4.93 Å². The first-order chi connectivity index (χ1) is 9.70. The van der Waals surface area contributed by atoms with Gasteiger partial charge in [0.25, 0.3) is 0 Å². The number of hydrogen-bond donors (Lipinski definition) is 0. The molecule has 0 amide bonds. The van der Waals surface area contributed by atoms with Crippen LogP contribution < -0.4 is 0 Å². The molecule has 0 spiro atoms. The van der Waals surface area contributed by atoms with E-state index < -0.39 is 0 Å². The van der Waals surface area contributed by atoms with Crippen molar-refractivity contribution in [2.45, 2.75) is 75.0 Å². The monoisotopic (exact) mass is 294 g/mol. The number of hydrogen-bond acceptors (Lipinski definition) is 2. The lowest BCUT2D eigenvalue weighted by molar-refractivity contribution is 0.0772. The fraction of sp³-hybridized carbons (Fsp3) is 0.667. The Morgan fingerprint density at radius 1 is 0.950 bits per heavy atom. The maximum atomic E-state index is 5.75. The van der Waals surface area contributed by atoms with Gasteiger partial charge >= 0.3 is 0 Å². The second kappa shape index (κ2) is 10.3. The smallest absolute Gasteiger partial charge is 0.115 e. The van der Waals surface area contributed by atoms with Gasteiger partial charge in [-0.15, -0.1) is 0 Å². The molecule has 0 aliphatic rings. The molecule has 1 nitrogen and oxygen atoms in total. The van der Waals surface area contributed by atoms with Gasteiger partial charge in [-0.05, 0) is 31.9 Å². The van der Waals surface area contributed by atoms with E-state index in [0.29, 0.717) is 0 Å². The Kier molecular flexibility index (Phi) is 9.04. The average molecular weight is 295 g/mol. The largest absolute Gasteiger partial charge is 0.368 e. The molecule has 0 aliphatic carbocycles. The van der Waals surface area contributed by atoms with Crippen LogP contribution in [0.25, 0.3) is 0 Å². The van der Waals surface area contributed by atoms with Crippen LogP contribution >= 0.6 is 11.8 Å². The van der Waals surface area contributed by atoms with Crippen molar-refractivity contribution in [3.63, 3.8) is 0 Å². The lowest BCUT2D eigenvalue weighted by Crippen LogP contribution is -2.22. The molecule has 0 aromatic heterocycles. The number of methoxy groups -OCH3 is 1. The normalized spacial score (nSPS) is 14.2. The molecule has 1 aromatic carbocycles. The van der Waals surface area contributed by atoms with Gasteiger partial charge in [-0.3, -0.25) is 0 Å². The summed E-state index contributed by atoms with van der Waals surface area (Å²) in [5.74, 6) is 0. The summed E-state index contributed by atoms with van der Waals surface area (Å²) in [5.41, 5.74) is 0. The van der Waals surface area contributed by atoms with E-state index >= 15 is 0 Å². The van der Waals surface area contributed by atoms with Crippen molar-refractivity contribution in [1.29, 1.82) is 0 Å². The Balaban J connectivity index is 2.24. The van der Waals surface area contributed by atoms with Crippen LogP contribution in [0.2, 0.25) is 0 Å². The fourth-order valence-electron chi connectivity index (χ4n) is 2.34. The summed E-state index contributed by atoms with van der Waals surface area (Å²) >= 11 is 1.84. The van der Waals surface area contributed by atoms with E-state index in [1.807, 2.05) is 18.9 Å². The quantitative estimate of drug-likeness (QED) is 0.270. The Labute approximate surface area is 129 Å². The average Bonchev–Trinajstić information content (AvgIpc) is 2.47. The molecule has 1 unspecified atom stereocenters. The fourth-order valence-corrected chi connectivity index (χ4v) is 3.46. The number of rotatable bonds is 11. The molecular formula is C18H30OS. The van der Waals surface area contributed by atoms with Crippen LogP contribution in [0.15, 0.2) is 35.2 Å². The summed E-state index contributed by atoms with van der Waals surface area (Å²) in [4.78, 5) is 1.20. The molecule has 1 atom stereocenters. The Bertz CT molecular complexity index is 339. The van der Waals surface area contributed by atoms with Crippen molar-refractivity contribution < 1.29 is 4.74 Å². The minimum Gasteiger partial charge on any atom is -0.368 e. The van der Waals surface area contributed by atoms with Crippen molar-refractivity contribution in [1.82, 2.24) is 0 Å². The van der Waals surface area contributed by atoms with Crippen LogP contribution in [0.1, 0.15) is 65.2 Å². The van der Waals surface area contributed by atoms with Gasteiger partial charge in [-0.25, -0.2) is 0 Å². The molecule has 1 aromatic rings. The van der Waals surface area contributed by atoms with Gasteiger partial charge in [0.05, 0.1) is 0 Å². The first kappa shape index (κ1) is 17.6. The molecule has 0 N–H and O–H groups in total. The summed E-state index contributed by atoms with van der Waals surface area (Å²) in [6, 6.07) is 10.6. The Morgan fingerprint density at radius 2 is 1.55 bits per heavy atom. The summed E-state index contributed by atoms with van der Waals surface area (Å²) < 4.78 is 5.75. The zero-order valence-electron chi connectivity index (χ0n) is 13.4. The maximum Gasteiger partial charge on any atom is 0.115 e. The second-order valence-electron chi connectivity index (χ2n) is 5.62. The molecule has 20 heavy (non-hydrogen) atoms. The van der Waals surface area contributed by atoms with Crippen molar-refractivity contribution in [3.05, 3.63) is 30.3 Å². The first-order valence-electron chi connectivity index (χ1n) is 7.99. The summed E-state index contributed by atoms with van der Waals surface area (Å²) in [6.45, 7) is 4.48. The lowest BCUT2D eigenvalue weighted by atomic mass is 10.1. The first-order valence-corrected chi connectivity index (χ1v) is 8.81. The molecule has 1 rings (SSSR count). The topological polar surface area (TPSA) is 9.23 Å². The second-order valence-corrected chi connectivity index (χ2v) is 7.16. The van der Waals surface area contributed by atoms with Gasteiger partial charge in [0, 0.05) is 12.0 Å². The lowest BCUT2D eigenvalue weighted by Gasteiger charge is -2.27. The van der Waals surface area contributed by atoms with Gasteiger partial charge in [-0.1, -0.05) is 75.4 Å². The minimum absolute atomic E-state index is 0.0925. The maximum absolute atomic E-state index is 5.75. The number of ether oxygens (including phenoxy) is 1. The van der Waals surface area contributed by atoms with Gasteiger partial charge in [0.2, 0.25) is 0 Å². The summed E-state index contributed by atoms with van der Waals surface area (Å²) in [5, 5.41) is 0. The number of unbranched alkanes of at least 4 members (excludes halogenated alkanes) is 6. The third kappa shape index (κ3) is 7.35. The highest BCUT2D eigenvalue weighted by Gasteiger charge is 2.24. The molecule has 0 fully saturated rings. The van der Waals surface area contributed by atoms with Crippen LogP contribution in [0.4, 0.5) is 0 Å². The third-order valence-electron chi connectivity index (χ3n) is 3.74. The standard InChI is InChI=1S/C18H30OS/c1-4-5-6-7-8-9-13-16-18(2,19-3)20-17-14-11-10-12-15-17/h10-12,14-15H,4-9,13,16H2,1-3H3. The van der Waals surface area contributed by atoms with Gasteiger partial charge in [-0.2, -0.15) is 0 Å². The van der Waals surface area contributed by atoms with Crippen molar-refractivity contribution in [3.8, 4) is 0 Å². The number of benzene rings is 1. The predicted molar refractivity (Wildman–Crippen MR) is 90.3 cm³/mol. The highest BCUT2D eigenvalue weighted by molar-refractivity contribution is 8.00. The predicted octanol–water partition coefficient (Wildman–Crippen LogP) is 6.28. The SMILES string of the molecule is CCCCCCCCCC(C)(OC)Sc1ccccc1. The molecule has 2 heteroatoms. The van der Waals surface area contributed by atoms with E-state index in [4.69, 9.17) is 4.74 Å². The summed E-state index contributed by atoms with van der Waals surface area (Å²) in [7, 11) is 1.83. The van der Waals surface area contributed by atoms with Crippen molar-refractivity contribution >= 4 is 11.8 Å². The zero-order chi connectivity index (χ0) is 14.7. The van der Waals surface area contributed by atoms with Gasteiger partial charge in [0.15, 0.2) is 0 Å². The van der Waals surface area contributed by atoms with Crippen LogP contribution in [0, 0.1) is 0 Å². The highest BCUT2D eigenvalue weighted by Crippen LogP contribution is 2.37. The van der Waals surface area contributed by atoms with Gasteiger partial charge < -0.3 is 4.74 Å². The molecule has 114 valence electrons. The van der Waals surface area contributed by atoms with E-state index in [-0.39, 0.29) is 4.93 Å². The van der Waals surface area contributed by atoms with Crippen LogP contribution in [0.5, 0.6) is 0 Å².